The van der Waals surface area contributed by atoms with Crippen LogP contribution in [0.4, 0.5) is 0 Å². The van der Waals surface area contributed by atoms with Crippen molar-refractivity contribution in [1.82, 2.24) is 10.6 Å². The molecule has 20 heavy (non-hydrogen) atoms. The number of hydrogen-bond acceptors (Lipinski definition) is 4. The molecule has 0 bridgehead atoms. The van der Waals surface area contributed by atoms with Gasteiger partial charge in [-0.1, -0.05) is 6.07 Å². The molecule has 1 fully saturated rings. The third-order valence-electron chi connectivity index (χ3n) is 3.75. The van der Waals surface area contributed by atoms with E-state index in [1.165, 1.54) is 12.8 Å². The molecule has 2 aliphatic rings. The SMILES string of the molecule is O=C(NCC[C@@H]1CCCN1)c1cccc2c1OCCO2. The monoisotopic (exact) mass is 276 g/mol. The first-order chi connectivity index (χ1) is 9.84. The van der Waals surface area contributed by atoms with Crippen LogP contribution in [0.15, 0.2) is 18.2 Å². The highest BCUT2D eigenvalue weighted by atomic mass is 16.6. The van der Waals surface area contributed by atoms with Gasteiger partial charge in [-0.05, 0) is 37.9 Å². The summed E-state index contributed by atoms with van der Waals surface area (Å²) in [5.41, 5.74) is 0.557. The Kier molecular flexibility index (Phi) is 4.06. The molecule has 3 rings (SSSR count). The van der Waals surface area contributed by atoms with Crippen molar-refractivity contribution in [1.29, 1.82) is 0 Å². The van der Waals surface area contributed by atoms with E-state index in [0.29, 0.717) is 42.9 Å². The van der Waals surface area contributed by atoms with Crippen molar-refractivity contribution in [3.63, 3.8) is 0 Å². The van der Waals surface area contributed by atoms with E-state index < -0.39 is 0 Å². The number of amides is 1. The van der Waals surface area contributed by atoms with E-state index in [1.54, 1.807) is 6.07 Å². The quantitative estimate of drug-likeness (QED) is 0.871. The van der Waals surface area contributed by atoms with Crippen LogP contribution in [0.1, 0.15) is 29.6 Å². The Bertz CT molecular complexity index is 484. The van der Waals surface area contributed by atoms with E-state index in [4.69, 9.17) is 9.47 Å². The van der Waals surface area contributed by atoms with Crippen molar-refractivity contribution >= 4 is 5.91 Å². The first-order valence-corrected chi connectivity index (χ1v) is 7.25. The molecule has 1 saturated heterocycles. The molecule has 1 amide bonds. The number of fused-ring (bicyclic) bond motifs is 1. The molecule has 0 saturated carbocycles. The topological polar surface area (TPSA) is 59.6 Å². The minimum atomic E-state index is -0.0923. The molecular weight excluding hydrogens is 256 g/mol. The van der Waals surface area contributed by atoms with E-state index in [2.05, 4.69) is 10.6 Å². The van der Waals surface area contributed by atoms with Gasteiger partial charge in [0.15, 0.2) is 11.5 Å². The van der Waals surface area contributed by atoms with Crippen LogP contribution in [0.3, 0.4) is 0 Å². The van der Waals surface area contributed by atoms with Gasteiger partial charge in [0.2, 0.25) is 0 Å². The average molecular weight is 276 g/mol. The standard InChI is InChI=1S/C15H20N2O3/c18-15(17-8-6-11-3-2-7-16-11)12-4-1-5-13-14(12)20-10-9-19-13/h1,4-5,11,16H,2-3,6-10H2,(H,17,18)/t11-/m0/s1. The van der Waals surface area contributed by atoms with Crippen LogP contribution in [0.2, 0.25) is 0 Å². The normalized spacial score (nSPS) is 20.7. The smallest absolute Gasteiger partial charge is 0.255 e. The van der Waals surface area contributed by atoms with Gasteiger partial charge in [0.25, 0.3) is 5.91 Å². The lowest BCUT2D eigenvalue weighted by atomic mass is 10.1. The second-order valence-corrected chi connectivity index (χ2v) is 5.17. The molecule has 0 unspecified atom stereocenters. The van der Waals surface area contributed by atoms with Crippen molar-refractivity contribution in [3.8, 4) is 11.5 Å². The Morgan fingerprint density at radius 2 is 2.25 bits per heavy atom. The van der Waals surface area contributed by atoms with Crippen molar-refractivity contribution < 1.29 is 14.3 Å². The molecule has 1 atom stereocenters. The number of carbonyl (C=O) groups is 1. The molecule has 108 valence electrons. The Morgan fingerprint density at radius 1 is 1.35 bits per heavy atom. The predicted molar refractivity (Wildman–Crippen MR) is 75.4 cm³/mol. The number of para-hydroxylation sites is 1. The minimum Gasteiger partial charge on any atom is -0.486 e. The molecule has 2 N–H and O–H groups in total. The lowest BCUT2D eigenvalue weighted by molar-refractivity contribution is 0.0941. The summed E-state index contributed by atoms with van der Waals surface area (Å²) in [6.45, 7) is 2.80. The highest BCUT2D eigenvalue weighted by Crippen LogP contribution is 2.33. The maximum atomic E-state index is 12.2. The molecule has 1 aromatic carbocycles. The number of nitrogens with one attached hydrogen (secondary N) is 2. The van der Waals surface area contributed by atoms with Crippen LogP contribution in [-0.2, 0) is 0 Å². The molecule has 5 heteroatoms. The summed E-state index contributed by atoms with van der Waals surface area (Å²) < 4.78 is 11.0. The van der Waals surface area contributed by atoms with Crippen molar-refractivity contribution in [2.24, 2.45) is 0 Å². The van der Waals surface area contributed by atoms with Crippen LogP contribution in [-0.4, -0.2) is 38.3 Å². The molecule has 2 heterocycles. The average Bonchev–Trinajstić information content (AvgIpc) is 3.00. The largest absolute Gasteiger partial charge is 0.486 e. The summed E-state index contributed by atoms with van der Waals surface area (Å²) in [5, 5.41) is 6.39. The van der Waals surface area contributed by atoms with E-state index in [0.717, 1.165) is 13.0 Å². The molecule has 1 aromatic rings. The fourth-order valence-corrected chi connectivity index (χ4v) is 2.71. The van der Waals surface area contributed by atoms with E-state index in [9.17, 15) is 4.79 Å². The van der Waals surface area contributed by atoms with E-state index >= 15 is 0 Å². The minimum absolute atomic E-state index is 0.0923. The number of hydrogen-bond donors (Lipinski definition) is 2. The lowest BCUT2D eigenvalue weighted by Gasteiger charge is -2.20. The predicted octanol–water partition coefficient (Wildman–Crippen LogP) is 1.33. The number of carbonyl (C=O) groups excluding carboxylic acids is 1. The molecular formula is C15H20N2O3. The summed E-state index contributed by atoms with van der Waals surface area (Å²) in [7, 11) is 0. The third kappa shape index (κ3) is 2.88. The molecule has 0 aromatic heterocycles. The maximum Gasteiger partial charge on any atom is 0.255 e. The molecule has 5 nitrogen and oxygen atoms in total. The molecule has 0 spiro atoms. The van der Waals surface area contributed by atoms with E-state index in [-0.39, 0.29) is 5.91 Å². The summed E-state index contributed by atoms with van der Waals surface area (Å²) in [5.74, 6) is 1.13. The van der Waals surface area contributed by atoms with Gasteiger partial charge in [0.05, 0.1) is 5.56 Å². The van der Waals surface area contributed by atoms with Gasteiger partial charge in [-0.25, -0.2) is 0 Å². The van der Waals surface area contributed by atoms with Crippen molar-refractivity contribution in [2.45, 2.75) is 25.3 Å². The van der Waals surface area contributed by atoms with Crippen molar-refractivity contribution in [2.75, 3.05) is 26.3 Å². The maximum absolute atomic E-state index is 12.2. The van der Waals surface area contributed by atoms with Gasteiger partial charge in [0.1, 0.15) is 13.2 Å². The highest BCUT2D eigenvalue weighted by molar-refractivity contribution is 5.97. The van der Waals surface area contributed by atoms with Crippen molar-refractivity contribution in [3.05, 3.63) is 23.8 Å². The summed E-state index contributed by atoms with van der Waals surface area (Å²) in [6, 6.07) is 5.96. The van der Waals surface area contributed by atoms with E-state index in [1.807, 2.05) is 12.1 Å². The number of benzene rings is 1. The van der Waals surface area contributed by atoms with Crippen LogP contribution in [0.25, 0.3) is 0 Å². The Balaban J connectivity index is 1.59. The van der Waals surface area contributed by atoms with Gasteiger partial charge in [-0.3, -0.25) is 4.79 Å². The van der Waals surface area contributed by atoms with Gasteiger partial charge in [-0.15, -0.1) is 0 Å². The molecule has 0 radical (unpaired) electrons. The van der Waals surface area contributed by atoms with Crippen LogP contribution in [0.5, 0.6) is 11.5 Å². The fourth-order valence-electron chi connectivity index (χ4n) is 2.71. The zero-order valence-electron chi connectivity index (χ0n) is 11.5. The molecule has 2 aliphatic heterocycles. The zero-order valence-corrected chi connectivity index (χ0v) is 11.5. The number of ether oxygens (including phenoxy) is 2. The van der Waals surface area contributed by atoms with Gasteiger partial charge in [-0.2, -0.15) is 0 Å². The number of rotatable bonds is 4. The third-order valence-corrected chi connectivity index (χ3v) is 3.75. The first kappa shape index (κ1) is 13.2. The second kappa shape index (κ2) is 6.13. The van der Waals surface area contributed by atoms with Gasteiger partial charge in [0, 0.05) is 12.6 Å². The van der Waals surface area contributed by atoms with Gasteiger partial charge >= 0.3 is 0 Å². The Labute approximate surface area is 118 Å². The lowest BCUT2D eigenvalue weighted by Crippen LogP contribution is -2.31. The first-order valence-electron chi connectivity index (χ1n) is 7.25. The van der Waals surface area contributed by atoms with Crippen LogP contribution in [0, 0.1) is 0 Å². The second-order valence-electron chi connectivity index (χ2n) is 5.17. The zero-order chi connectivity index (χ0) is 13.8. The molecule has 0 aliphatic carbocycles. The Hall–Kier alpha value is -1.75. The Morgan fingerprint density at radius 3 is 3.10 bits per heavy atom. The summed E-state index contributed by atoms with van der Waals surface area (Å²) in [4.78, 5) is 12.2. The van der Waals surface area contributed by atoms with Crippen LogP contribution < -0.4 is 20.1 Å². The summed E-state index contributed by atoms with van der Waals surface area (Å²) >= 11 is 0. The van der Waals surface area contributed by atoms with Crippen LogP contribution >= 0.6 is 0 Å². The van der Waals surface area contributed by atoms with Gasteiger partial charge < -0.3 is 20.1 Å². The fraction of sp³-hybridized carbons (Fsp3) is 0.533. The highest BCUT2D eigenvalue weighted by Gasteiger charge is 2.20. The summed E-state index contributed by atoms with van der Waals surface area (Å²) in [6.07, 6.45) is 3.40.